The maximum Gasteiger partial charge on any atom is 0.460 e. The summed E-state index contributed by atoms with van der Waals surface area (Å²) in [6.07, 6.45) is 3.95. The fraction of sp³-hybridized carbons (Fsp3) is 1.00. The normalized spacial score (nSPS) is 34.7. The molecule has 1 saturated carbocycles. The topological polar surface area (TPSA) is 58.9 Å². The zero-order chi connectivity index (χ0) is 13.6. The van der Waals surface area contributed by atoms with Crippen LogP contribution in [-0.4, -0.2) is 35.5 Å². The van der Waals surface area contributed by atoms with E-state index in [9.17, 15) is 10.0 Å². The Hall–Kier alpha value is -0.0301. The minimum atomic E-state index is -1.27. The van der Waals surface area contributed by atoms with E-state index in [0.717, 1.165) is 25.7 Å². The van der Waals surface area contributed by atoms with Crippen LogP contribution in [-0.2, 0) is 9.31 Å². The van der Waals surface area contributed by atoms with Gasteiger partial charge in [0.05, 0.1) is 11.2 Å². The molecular formula is C12H24B2O4. The van der Waals surface area contributed by atoms with Crippen LogP contribution in [0.1, 0.15) is 53.4 Å². The molecule has 1 aliphatic carbocycles. The van der Waals surface area contributed by atoms with Gasteiger partial charge < -0.3 is 19.4 Å². The highest BCUT2D eigenvalue weighted by Gasteiger charge is 2.56. The highest BCUT2D eigenvalue weighted by atomic mass is 16.7. The van der Waals surface area contributed by atoms with Gasteiger partial charge >= 0.3 is 14.2 Å². The molecule has 2 N–H and O–H groups in total. The van der Waals surface area contributed by atoms with Crippen molar-refractivity contribution in [1.29, 1.82) is 0 Å². The highest BCUT2D eigenvalue weighted by molar-refractivity contribution is 6.53. The zero-order valence-electron chi connectivity index (χ0n) is 11.8. The molecule has 4 nitrogen and oxygen atoms in total. The lowest BCUT2D eigenvalue weighted by molar-refractivity contribution is 0.00578. The predicted octanol–water partition coefficient (Wildman–Crippen LogP) is 1.87. The number of rotatable bonds is 2. The molecule has 0 unspecified atom stereocenters. The Bertz CT molecular complexity index is 290. The van der Waals surface area contributed by atoms with Gasteiger partial charge in [0.25, 0.3) is 0 Å². The van der Waals surface area contributed by atoms with Gasteiger partial charge in [-0.2, -0.15) is 0 Å². The van der Waals surface area contributed by atoms with Crippen molar-refractivity contribution in [3.8, 4) is 0 Å². The molecule has 1 saturated heterocycles. The Morgan fingerprint density at radius 3 is 2.00 bits per heavy atom. The highest BCUT2D eigenvalue weighted by Crippen LogP contribution is 2.48. The number of hydrogen-bond acceptors (Lipinski definition) is 4. The third kappa shape index (κ3) is 2.48. The molecule has 6 heteroatoms. The van der Waals surface area contributed by atoms with Crippen molar-refractivity contribution < 1.29 is 19.4 Å². The average Bonchev–Trinajstić information content (AvgIpc) is 2.48. The summed E-state index contributed by atoms with van der Waals surface area (Å²) in [6.45, 7) is 8.11. The van der Waals surface area contributed by atoms with E-state index in [1.165, 1.54) is 0 Å². The van der Waals surface area contributed by atoms with Crippen LogP contribution in [0.4, 0.5) is 0 Å². The molecular weight excluding hydrogens is 230 g/mol. The van der Waals surface area contributed by atoms with Gasteiger partial charge in [0.2, 0.25) is 0 Å². The smallest absolute Gasteiger partial charge is 0.427 e. The first-order valence-electron chi connectivity index (χ1n) is 6.96. The van der Waals surface area contributed by atoms with E-state index in [4.69, 9.17) is 9.31 Å². The summed E-state index contributed by atoms with van der Waals surface area (Å²) in [6, 6.07) is 0. The molecule has 0 aromatic heterocycles. The van der Waals surface area contributed by atoms with Crippen LogP contribution in [0.15, 0.2) is 0 Å². The van der Waals surface area contributed by atoms with Crippen molar-refractivity contribution in [3.05, 3.63) is 0 Å². The van der Waals surface area contributed by atoms with Crippen LogP contribution >= 0.6 is 0 Å². The van der Waals surface area contributed by atoms with Crippen molar-refractivity contribution >= 4 is 14.2 Å². The minimum absolute atomic E-state index is 0.0831. The summed E-state index contributed by atoms with van der Waals surface area (Å²) in [7, 11) is -1.59. The quantitative estimate of drug-likeness (QED) is 0.738. The predicted molar refractivity (Wildman–Crippen MR) is 72.2 cm³/mol. The summed E-state index contributed by atoms with van der Waals surface area (Å²) >= 11 is 0. The molecule has 2 aliphatic rings. The summed E-state index contributed by atoms with van der Waals surface area (Å²) in [5.41, 5.74) is -0.694. The summed E-state index contributed by atoms with van der Waals surface area (Å²) < 4.78 is 12.1. The van der Waals surface area contributed by atoms with Crippen molar-refractivity contribution in [1.82, 2.24) is 0 Å². The van der Waals surface area contributed by atoms with E-state index in [1.807, 2.05) is 27.7 Å². The van der Waals surface area contributed by atoms with E-state index in [0.29, 0.717) is 0 Å². The monoisotopic (exact) mass is 254 g/mol. The van der Waals surface area contributed by atoms with Crippen LogP contribution in [0.25, 0.3) is 0 Å². The first-order valence-corrected chi connectivity index (χ1v) is 6.96. The third-order valence-corrected chi connectivity index (χ3v) is 4.88. The van der Waals surface area contributed by atoms with Gasteiger partial charge in [0, 0.05) is 0 Å². The van der Waals surface area contributed by atoms with Gasteiger partial charge in [-0.3, -0.25) is 0 Å². The fourth-order valence-corrected chi connectivity index (χ4v) is 2.96. The Kier molecular flexibility index (Phi) is 3.85. The minimum Gasteiger partial charge on any atom is -0.427 e. The maximum atomic E-state index is 9.51. The number of hydrogen-bond donors (Lipinski definition) is 2. The van der Waals surface area contributed by atoms with E-state index in [2.05, 4.69) is 0 Å². The van der Waals surface area contributed by atoms with Gasteiger partial charge in [-0.1, -0.05) is 25.7 Å². The third-order valence-electron chi connectivity index (χ3n) is 4.88. The second-order valence-corrected chi connectivity index (χ2v) is 6.65. The van der Waals surface area contributed by atoms with Gasteiger partial charge in [-0.15, -0.1) is 0 Å². The molecule has 1 aliphatic heterocycles. The second-order valence-electron chi connectivity index (χ2n) is 6.65. The lowest BCUT2D eigenvalue weighted by Gasteiger charge is -2.32. The molecule has 0 radical (unpaired) electrons. The molecule has 18 heavy (non-hydrogen) atoms. The second kappa shape index (κ2) is 4.82. The molecule has 2 atom stereocenters. The van der Waals surface area contributed by atoms with Crippen molar-refractivity contribution in [2.75, 3.05) is 0 Å². The zero-order valence-corrected chi connectivity index (χ0v) is 11.8. The molecule has 0 amide bonds. The summed E-state index contributed by atoms with van der Waals surface area (Å²) in [5.74, 6) is -0.0479. The van der Waals surface area contributed by atoms with Crippen LogP contribution in [0.2, 0.25) is 11.6 Å². The molecule has 0 spiro atoms. The lowest BCUT2D eigenvalue weighted by atomic mass is 9.49. The van der Waals surface area contributed by atoms with Gasteiger partial charge in [-0.25, -0.2) is 0 Å². The Labute approximate surface area is 110 Å². The van der Waals surface area contributed by atoms with Gasteiger partial charge in [0.1, 0.15) is 0 Å². The Morgan fingerprint density at radius 1 is 1.00 bits per heavy atom. The average molecular weight is 254 g/mol. The standard InChI is InChI=1S/C12H24B2O4/c1-11(2)12(3,4)18-14(17-11)10-8-6-5-7-9(10)13(15)16/h9-10,15-16H,5-8H2,1-4H3/t9-,10-/m1/s1. The Morgan fingerprint density at radius 2 is 1.50 bits per heavy atom. The van der Waals surface area contributed by atoms with Crippen molar-refractivity contribution in [2.45, 2.75) is 76.2 Å². The first kappa shape index (κ1) is 14.4. The van der Waals surface area contributed by atoms with Crippen molar-refractivity contribution in [2.24, 2.45) is 0 Å². The van der Waals surface area contributed by atoms with E-state index in [-0.39, 0.29) is 30.0 Å². The molecule has 2 fully saturated rings. The maximum absolute atomic E-state index is 9.51. The largest absolute Gasteiger partial charge is 0.460 e. The van der Waals surface area contributed by atoms with Crippen molar-refractivity contribution in [3.63, 3.8) is 0 Å². The molecule has 2 rings (SSSR count). The van der Waals surface area contributed by atoms with Crippen LogP contribution in [0.3, 0.4) is 0 Å². The molecule has 1 heterocycles. The van der Waals surface area contributed by atoms with Gasteiger partial charge in [-0.05, 0) is 39.3 Å². The van der Waals surface area contributed by atoms with Crippen LogP contribution in [0, 0.1) is 0 Å². The lowest BCUT2D eigenvalue weighted by Crippen LogP contribution is -2.41. The molecule has 0 aromatic rings. The molecule has 0 bridgehead atoms. The van der Waals surface area contributed by atoms with E-state index >= 15 is 0 Å². The SMILES string of the molecule is CC1(C)OB([C@@H]2CCCC[C@H]2B(O)O)OC1(C)C. The van der Waals surface area contributed by atoms with Crippen LogP contribution < -0.4 is 0 Å². The molecule has 102 valence electrons. The fourth-order valence-electron chi connectivity index (χ4n) is 2.96. The Balaban J connectivity index is 2.12. The van der Waals surface area contributed by atoms with Gasteiger partial charge in [0.15, 0.2) is 0 Å². The van der Waals surface area contributed by atoms with Crippen LogP contribution in [0.5, 0.6) is 0 Å². The van der Waals surface area contributed by atoms with E-state index in [1.54, 1.807) is 0 Å². The first-order chi connectivity index (χ1) is 8.24. The molecule has 0 aromatic carbocycles. The summed E-state index contributed by atoms with van der Waals surface area (Å²) in [5, 5.41) is 19.0. The summed E-state index contributed by atoms with van der Waals surface area (Å²) in [4.78, 5) is 0. The van der Waals surface area contributed by atoms with E-state index < -0.39 is 7.12 Å².